The van der Waals surface area contributed by atoms with Crippen LogP contribution in [0, 0.1) is 0 Å². The number of aryl methyl sites for hydroxylation is 1. The molecule has 3 rings (SSSR count). The third kappa shape index (κ3) is 4.99. The first-order valence-electron chi connectivity index (χ1n) is 8.71. The van der Waals surface area contributed by atoms with Crippen LogP contribution in [0.25, 0.3) is 0 Å². The Morgan fingerprint density at radius 1 is 1.04 bits per heavy atom. The number of hydrogen-bond donors (Lipinski definition) is 0. The molecule has 1 aliphatic carbocycles. The van der Waals surface area contributed by atoms with Crippen LogP contribution in [0.5, 0.6) is 0 Å². The number of benzene rings is 1. The molecule has 0 aliphatic heterocycles. The predicted molar refractivity (Wildman–Crippen MR) is 97.9 cm³/mol. The first-order valence-corrected chi connectivity index (χ1v) is 11.1. The number of ketones is 1. The van der Waals surface area contributed by atoms with Crippen molar-refractivity contribution >= 4 is 27.0 Å². The zero-order valence-electron chi connectivity index (χ0n) is 14.5. The largest absolute Gasteiger partial charge is 0.416 e. The summed E-state index contributed by atoms with van der Waals surface area (Å²) < 4.78 is 62.2. The summed E-state index contributed by atoms with van der Waals surface area (Å²) in [6, 6.07) is 8.12. The molecule has 1 aromatic carbocycles. The fourth-order valence-electron chi connectivity index (χ4n) is 2.76. The van der Waals surface area contributed by atoms with Crippen LogP contribution in [-0.4, -0.2) is 19.5 Å². The summed E-state index contributed by atoms with van der Waals surface area (Å²) in [7, 11) is -3.27. The molecule has 1 aromatic heterocycles. The van der Waals surface area contributed by atoms with E-state index in [1.807, 2.05) is 0 Å². The number of rotatable bonds is 8. The van der Waals surface area contributed by atoms with Gasteiger partial charge in [-0.3, -0.25) is 4.79 Å². The molecular weight excluding hydrogens is 397 g/mol. The van der Waals surface area contributed by atoms with E-state index in [0.29, 0.717) is 43.4 Å². The molecule has 0 amide bonds. The molecule has 0 bridgehead atoms. The normalized spacial score (nSPS) is 15.1. The molecule has 1 aliphatic rings. The lowest BCUT2D eigenvalue weighted by molar-refractivity contribution is -0.137. The molecule has 0 N–H and O–H groups in total. The molecule has 0 saturated heterocycles. The van der Waals surface area contributed by atoms with E-state index in [1.54, 1.807) is 6.07 Å². The van der Waals surface area contributed by atoms with Gasteiger partial charge in [0.1, 0.15) is 4.21 Å². The van der Waals surface area contributed by atoms with Crippen molar-refractivity contribution < 1.29 is 26.4 Å². The van der Waals surface area contributed by atoms with Crippen molar-refractivity contribution in [1.29, 1.82) is 0 Å². The molecule has 1 saturated carbocycles. The number of carbonyl (C=O) groups excluding carboxylic acids is 1. The molecular formula is C19H19F3O3S2. The highest BCUT2D eigenvalue weighted by atomic mass is 32.2. The number of alkyl halides is 3. The van der Waals surface area contributed by atoms with E-state index in [4.69, 9.17) is 0 Å². The topological polar surface area (TPSA) is 51.2 Å². The molecule has 0 atom stereocenters. The van der Waals surface area contributed by atoms with Gasteiger partial charge in [-0.2, -0.15) is 13.2 Å². The van der Waals surface area contributed by atoms with Crippen molar-refractivity contribution in [1.82, 2.24) is 0 Å². The minimum atomic E-state index is -4.34. The number of unbranched alkanes of at least 4 members (excludes halogenated alkanes) is 1. The SMILES string of the molecule is O=C(CCCCc1ccc(C(F)(F)F)cc1)c1ccc(S(=O)(=O)C2CC2)s1. The lowest BCUT2D eigenvalue weighted by Crippen LogP contribution is -2.04. The fourth-order valence-corrected chi connectivity index (χ4v) is 5.95. The number of carbonyl (C=O) groups is 1. The number of halogens is 3. The molecule has 0 spiro atoms. The molecule has 1 fully saturated rings. The summed E-state index contributed by atoms with van der Waals surface area (Å²) in [5.74, 6) is -0.0929. The Bertz CT molecular complexity index is 908. The molecule has 27 heavy (non-hydrogen) atoms. The van der Waals surface area contributed by atoms with Gasteiger partial charge >= 0.3 is 6.18 Å². The Morgan fingerprint density at radius 3 is 2.30 bits per heavy atom. The Morgan fingerprint density at radius 2 is 1.70 bits per heavy atom. The number of Topliss-reactive ketones (excluding diaryl/α,β-unsaturated/α-hetero) is 1. The van der Waals surface area contributed by atoms with E-state index in [-0.39, 0.29) is 15.2 Å². The van der Waals surface area contributed by atoms with Gasteiger partial charge in [-0.05, 0) is 61.9 Å². The third-order valence-electron chi connectivity index (χ3n) is 4.50. The average Bonchev–Trinajstić information content (AvgIpc) is 3.35. The van der Waals surface area contributed by atoms with Crippen molar-refractivity contribution in [3.05, 3.63) is 52.4 Å². The summed E-state index contributed by atoms with van der Waals surface area (Å²) in [4.78, 5) is 12.7. The first kappa shape index (κ1) is 20.1. The summed E-state index contributed by atoms with van der Waals surface area (Å²) in [6.45, 7) is 0. The van der Waals surface area contributed by atoms with Crippen LogP contribution in [0.4, 0.5) is 13.2 Å². The summed E-state index contributed by atoms with van der Waals surface area (Å²) in [6.07, 6.45) is -0.794. The van der Waals surface area contributed by atoms with Crippen LogP contribution in [0.3, 0.4) is 0 Å². The highest BCUT2D eigenvalue weighted by Gasteiger charge is 2.38. The molecule has 8 heteroatoms. The molecule has 1 heterocycles. The van der Waals surface area contributed by atoms with Crippen LogP contribution in [-0.2, 0) is 22.4 Å². The first-order chi connectivity index (χ1) is 12.7. The average molecular weight is 416 g/mol. The quantitative estimate of drug-likeness (QED) is 0.433. The standard InChI is InChI=1S/C19H19F3O3S2/c20-19(21,22)14-7-5-13(6-8-14)3-1-2-4-16(23)17-11-12-18(26-17)27(24,25)15-9-10-15/h5-8,11-12,15H,1-4,9-10H2. The highest BCUT2D eigenvalue weighted by molar-refractivity contribution is 7.94. The van der Waals surface area contributed by atoms with Crippen LogP contribution < -0.4 is 0 Å². The van der Waals surface area contributed by atoms with Gasteiger partial charge in [0.05, 0.1) is 15.7 Å². The van der Waals surface area contributed by atoms with Gasteiger partial charge in [-0.15, -0.1) is 11.3 Å². The summed E-state index contributed by atoms with van der Waals surface area (Å²) in [5.41, 5.74) is 0.125. The maximum atomic E-state index is 12.5. The second kappa shape index (κ2) is 7.75. The molecule has 0 unspecified atom stereocenters. The lowest BCUT2D eigenvalue weighted by atomic mass is 10.0. The minimum absolute atomic E-state index is 0.0929. The van der Waals surface area contributed by atoms with Gasteiger partial charge in [0.15, 0.2) is 15.6 Å². The van der Waals surface area contributed by atoms with E-state index < -0.39 is 21.6 Å². The van der Waals surface area contributed by atoms with Gasteiger partial charge in [-0.1, -0.05) is 12.1 Å². The maximum Gasteiger partial charge on any atom is 0.416 e. The minimum Gasteiger partial charge on any atom is -0.293 e. The van der Waals surface area contributed by atoms with Crippen molar-refractivity contribution in [2.24, 2.45) is 0 Å². The highest BCUT2D eigenvalue weighted by Crippen LogP contribution is 2.36. The Hall–Kier alpha value is -1.67. The Labute approximate surface area is 160 Å². The lowest BCUT2D eigenvalue weighted by Gasteiger charge is -2.07. The molecule has 0 radical (unpaired) electrons. The number of hydrogen-bond acceptors (Lipinski definition) is 4. The van der Waals surface area contributed by atoms with Crippen LogP contribution >= 0.6 is 11.3 Å². The molecule has 146 valence electrons. The van der Waals surface area contributed by atoms with E-state index >= 15 is 0 Å². The van der Waals surface area contributed by atoms with Crippen LogP contribution in [0.1, 0.15) is 52.9 Å². The Kier molecular flexibility index (Phi) is 5.76. The second-order valence-electron chi connectivity index (χ2n) is 6.69. The van der Waals surface area contributed by atoms with Gasteiger partial charge < -0.3 is 0 Å². The van der Waals surface area contributed by atoms with E-state index in [0.717, 1.165) is 29.0 Å². The Balaban J connectivity index is 1.47. The van der Waals surface area contributed by atoms with E-state index in [2.05, 4.69) is 0 Å². The smallest absolute Gasteiger partial charge is 0.293 e. The van der Waals surface area contributed by atoms with Gasteiger partial charge in [-0.25, -0.2) is 8.42 Å². The fraction of sp³-hybridized carbons (Fsp3) is 0.421. The van der Waals surface area contributed by atoms with Crippen molar-refractivity contribution in [3.63, 3.8) is 0 Å². The summed E-state index contributed by atoms with van der Waals surface area (Å²) in [5, 5.41) is -0.289. The van der Waals surface area contributed by atoms with E-state index in [1.165, 1.54) is 18.2 Å². The van der Waals surface area contributed by atoms with E-state index in [9.17, 15) is 26.4 Å². The van der Waals surface area contributed by atoms with Crippen molar-refractivity contribution in [2.75, 3.05) is 0 Å². The van der Waals surface area contributed by atoms with Gasteiger partial charge in [0.2, 0.25) is 0 Å². The number of sulfone groups is 1. The monoisotopic (exact) mass is 416 g/mol. The number of thiophene rings is 1. The van der Waals surface area contributed by atoms with Gasteiger partial charge in [0, 0.05) is 6.42 Å². The van der Waals surface area contributed by atoms with Crippen LogP contribution in [0.15, 0.2) is 40.6 Å². The van der Waals surface area contributed by atoms with Crippen molar-refractivity contribution in [2.45, 2.75) is 54.2 Å². The summed E-state index contributed by atoms with van der Waals surface area (Å²) >= 11 is 1.03. The second-order valence-corrected chi connectivity index (χ2v) is 10.2. The maximum absolute atomic E-state index is 12.5. The van der Waals surface area contributed by atoms with Crippen molar-refractivity contribution in [3.8, 4) is 0 Å². The zero-order chi connectivity index (χ0) is 19.7. The zero-order valence-corrected chi connectivity index (χ0v) is 16.1. The predicted octanol–water partition coefficient (Wildman–Crippen LogP) is 5.30. The molecule has 3 nitrogen and oxygen atoms in total. The third-order valence-corrected chi connectivity index (χ3v) is 8.41. The van der Waals surface area contributed by atoms with Crippen LogP contribution in [0.2, 0.25) is 0 Å². The molecule has 2 aromatic rings. The van der Waals surface area contributed by atoms with Gasteiger partial charge in [0.25, 0.3) is 0 Å².